The molecule has 0 spiro atoms. The van der Waals surface area contributed by atoms with Crippen LogP contribution < -0.4 is 0 Å². The molecule has 0 aromatic heterocycles. The highest BCUT2D eigenvalue weighted by Gasteiger charge is 2.34. The highest BCUT2D eigenvalue weighted by Crippen LogP contribution is 2.27. The number of nitro groups is 2. The maximum Gasteiger partial charge on any atom is 0.337 e. The van der Waals surface area contributed by atoms with Crippen LogP contribution in [0.25, 0.3) is 0 Å². The number of para-hydroxylation sites is 2. The lowest BCUT2D eigenvalue weighted by Crippen LogP contribution is -2.32. The molecule has 0 radical (unpaired) electrons. The van der Waals surface area contributed by atoms with Gasteiger partial charge in [-0.05, 0) is 26.0 Å². The van der Waals surface area contributed by atoms with Crippen molar-refractivity contribution < 1.29 is 44.6 Å². The van der Waals surface area contributed by atoms with Gasteiger partial charge in [-0.1, -0.05) is 24.3 Å². The number of nitro benzene ring substituents is 2. The van der Waals surface area contributed by atoms with Gasteiger partial charge in [0.1, 0.15) is 0 Å². The first-order chi connectivity index (χ1) is 16.3. The SMILES string of the molecule is CC(C)OC(=O)C(CCOS(=O)(=O)c1ccccc1[N+](=O)[O-])OS(=O)(=O)c1ccccc1[N+](=O)[O-]. The molecule has 2 aromatic rings. The summed E-state index contributed by atoms with van der Waals surface area (Å²) in [7, 11) is -9.57. The Morgan fingerprint density at radius 2 is 1.31 bits per heavy atom. The van der Waals surface area contributed by atoms with Gasteiger partial charge < -0.3 is 4.74 Å². The summed E-state index contributed by atoms with van der Waals surface area (Å²) in [6, 6.07) is 8.60. The third-order valence-corrected chi connectivity index (χ3v) is 6.87. The van der Waals surface area contributed by atoms with Gasteiger partial charge in [-0.2, -0.15) is 16.8 Å². The van der Waals surface area contributed by atoms with Crippen LogP contribution in [0.15, 0.2) is 58.3 Å². The van der Waals surface area contributed by atoms with E-state index in [2.05, 4.69) is 0 Å². The minimum Gasteiger partial charge on any atom is -0.461 e. The summed E-state index contributed by atoms with van der Waals surface area (Å²) >= 11 is 0. The summed E-state index contributed by atoms with van der Waals surface area (Å²) < 4.78 is 64.8. The molecule has 0 heterocycles. The van der Waals surface area contributed by atoms with Crippen LogP contribution in [0, 0.1) is 20.2 Å². The van der Waals surface area contributed by atoms with E-state index in [0.717, 1.165) is 24.3 Å². The van der Waals surface area contributed by atoms with Crippen molar-refractivity contribution in [1.29, 1.82) is 0 Å². The summed E-state index contributed by atoms with van der Waals surface area (Å²) in [6.07, 6.45) is -3.34. The molecule has 0 fully saturated rings. The first-order valence-electron chi connectivity index (χ1n) is 9.76. The fraction of sp³-hybridized carbons (Fsp3) is 0.316. The zero-order valence-electron chi connectivity index (χ0n) is 18.3. The minimum atomic E-state index is -4.89. The van der Waals surface area contributed by atoms with Crippen molar-refractivity contribution in [2.24, 2.45) is 0 Å². The highest BCUT2D eigenvalue weighted by molar-refractivity contribution is 7.87. The second-order valence-corrected chi connectivity index (χ2v) is 10.2. The number of carbonyl (C=O) groups excluding carboxylic acids is 1. The zero-order valence-corrected chi connectivity index (χ0v) is 19.9. The first kappa shape index (κ1) is 27.8. The maximum absolute atomic E-state index is 12.7. The maximum atomic E-state index is 12.7. The number of rotatable bonds is 12. The molecule has 0 aliphatic carbocycles. The van der Waals surface area contributed by atoms with Crippen molar-refractivity contribution in [3.63, 3.8) is 0 Å². The van der Waals surface area contributed by atoms with Gasteiger partial charge >= 0.3 is 26.2 Å². The largest absolute Gasteiger partial charge is 0.461 e. The Morgan fingerprint density at radius 1 is 0.857 bits per heavy atom. The van der Waals surface area contributed by atoms with E-state index in [1.807, 2.05) is 0 Å². The van der Waals surface area contributed by atoms with Gasteiger partial charge in [0, 0.05) is 18.6 Å². The normalized spacial score (nSPS) is 12.8. The van der Waals surface area contributed by atoms with Crippen molar-refractivity contribution in [3.05, 3.63) is 68.8 Å². The first-order valence-corrected chi connectivity index (χ1v) is 12.6. The molecule has 14 nitrogen and oxygen atoms in total. The summed E-state index contributed by atoms with van der Waals surface area (Å²) in [4.78, 5) is 31.2. The molecular weight excluding hydrogens is 512 g/mol. The second kappa shape index (κ2) is 11.3. The van der Waals surface area contributed by atoms with Crippen LogP contribution in [0.5, 0.6) is 0 Å². The molecule has 0 bridgehead atoms. The van der Waals surface area contributed by atoms with Crippen molar-refractivity contribution >= 4 is 37.6 Å². The van der Waals surface area contributed by atoms with Crippen LogP contribution in [0.1, 0.15) is 20.3 Å². The predicted molar refractivity (Wildman–Crippen MR) is 117 cm³/mol. The lowest BCUT2D eigenvalue weighted by molar-refractivity contribution is -0.388. The Bertz CT molecular complexity index is 1320. The van der Waals surface area contributed by atoms with E-state index in [1.54, 1.807) is 0 Å². The topological polar surface area (TPSA) is 199 Å². The van der Waals surface area contributed by atoms with E-state index >= 15 is 0 Å². The standard InChI is InChI=1S/C19H20N2O12S2/c1-13(2)32-19(22)16(33-35(29,30)18-10-6-4-8-15(18)21(25)26)11-12-31-34(27,28)17-9-5-3-7-14(17)20(23)24/h3-10,13,16H,11-12H2,1-2H3. The molecule has 1 atom stereocenters. The van der Waals surface area contributed by atoms with Crippen LogP contribution in [0.3, 0.4) is 0 Å². The van der Waals surface area contributed by atoms with E-state index in [0.29, 0.717) is 0 Å². The van der Waals surface area contributed by atoms with Crippen molar-refractivity contribution in [3.8, 4) is 0 Å². The Hall–Kier alpha value is -3.47. The Morgan fingerprint density at radius 3 is 1.77 bits per heavy atom. The van der Waals surface area contributed by atoms with Crippen LogP contribution in [-0.2, 0) is 38.1 Å². The number of hydrogen-bond acceptors (Lipinski definition) is 12. The molecule has 0 amide bonds. The van der Waals surface area contributed by atoms with Gasteiger partial charge in [0.05, 0.1) is 22.6 Å². The minimum absolute atomic E-state index is 0.689. The molecule has 0 aliphatic rings. The number of esters is 1. The fourth-order valence-electron chi connectivity index (χ4n) is 2.69. The van der Waals surface area contributed by atoms with Gasteiger partial charge in [-0.25, -0.2) is 4.79 Å². The van der Waals surface area contributed by atoms with Gasteiger partial charge in [0.25, 0.3) is 11.4 Å². The molecule has 2 rings (SSSR count). The molecule has 0 aliphatic heterocycles. The molecule has 2 aromatic carbocycles. The number of carbonyl (C=O) groups is 1. The molecular formula is C19H20N2O12S2. The molecule has 35 heavy (non-hydrogen) atoms. The van der Waals surface area contributed by atoms with E-state index in [1.165, 1.54) is 38.1 Å². The zero-order chi connectivity index (χ0) is 26.4. The molecule has 1 unspecified atom stereocenters. The number of hydrogen-bond donors (Lipinski definition) is 0. The molecule has 0 saturated carbocycles. The average molecular weight is 533 g/mol. The van der Waals surface area contributed by atoms with Gasteiger partial charge in [0.2, 0.25) is 0 Å². The van der Waals surface area contributed by atoms with Crippen LogP contribution in [0.4, 0.5) is 11.4 Å². The van der Waals surface area contributed by atoms with Crippen molar-refractivity contribution in [2.45, 2.75) is 42.3 Å². The smallest absolute Gasteiger partial charge is 0.337 e. The van der Waals surface area contributed by atoms with Gasteiger partial charge in [-0.3, -0.25) is 28.6 Å². The van der Waals surface area contributed by atoms with Crippen molar-refractivity contribution in [2.75, 3.05) is 6.61 Å². The highest BCUT2D eigenvalue weighted by atomic mass is 32.2. The lowest BCUT2D eigenvalue weighted by atomic mass is 10.3. The van der Waals surface area contributed by atoms with Crippen LogP contribution in [0.2, 0.25) is 0 Å². The predicted octanol–water partition coefficient (Wildman–Crippen LogP) is 2.32. The Balaban J connectivity index is 2.28. The van der Waals surface area contributed by atoms with E-state index in [4.69, 9.17) is 13.1 Å². The van der Waals surface area contributed by atoms with Crippen LogP contribution in [-0.4, -0.2) is 51.5 Å². The van der Waals surface area contributed by atoms with Gasteiger partial charge in [-0.15, -0.1) is 0 Å². The molecule has 190 valence electrons. The monoisotopic (exact) mass is 532 g/mol. The number of ether oxygens (including phenoxy) is 1. The summed E-state index contributed by atoms with van der Waals surface area (Å²) in [5, 5.41) is 22.3. The van der Waals surface area contributed by atoms with E-state index < -0.39 is 82.5 Å². The van der Waals surface area contributed by atoms with Crippen molar-refractivity contribution in [1.82, 2.24) is 0 Å². The van der Waals surface area contributed by atoms with Crippen LogP contribution >= 0.6 is 0 Å². The fourth-order valence-corrected chi connectivity index (χ4v) is 5.00. The quantitative estimate of drug-likeness (QED) is 0.167. The summed E-state index contributed by atoms with van der Waals surface area (Å²) in [5.74, 6) is -1.20. The second-order valence-electron chi connectivity index (χ2n) is 7.04. The molecule has 0 N–H and O–H groups in total. The lowest BCUT2D eigenvalue weighted by Gasteiger charge is -2.18. The van der Waals surface area contributed by atoms with E-state index in [-0.39, 0.29) is 0 Å². The Kier molecular flexibility index (Phi) is 8.97. The third kappa shape index (κ3) is 7.25. The molecule has 16 heteroatoms. The summed E-state index contributed by atoms with van der Waals surface area (Å²) in [6.45, 7) is 2.08. The number of nitrogens with zero attached hydrogens (tertiary/aromatic N) is 2. The van der Waals surface area contributed by atoms with E-state index in [9.17, 15) is 41.9 Å². The average Bonchev–Trinajstić information content (AvgIpc) is 2.77. The third-order valence-electron chi connectivity index (χ3n) is 4.14. The summed E-state index contributed by atoms with van der Waals surface area (Å²) in [5.41, 5.74) is -1.56. The molecule has 0 saturated heterocycles. The Labute approximate surface area is 200 Å². The van der Waals surface area contributed by atoms with Gasteiger partial charge in [0.15, 0.2) is 15.9 Å². The number of benzene rings is 2.